The molecule has 0 unspecified atom stereocenters. The third-order valence-corrected chi connectivity index (χ3v) is 2.82. The second-order valence-corrected chi connectivity index (χ2v) is 4.26. The Morgan fingerprint density at radius 1 is 1.33 bits per heavy atom. The smallest absolute Gasteiger partial charge is 0.358 e. The molecule has 7 heteroatoms. The Morgan fingerprint density at radius 3 is 2.81 bits per heavy atom. The van der Waals surface area contributed by atoms with Gasteiger partial charge in [-0.05, 0) is 18.2 Å². The van der Waals surface area contributed by atoms with Crippen molar-refractivity contribution in [2.24, 2.45) is 0 Å². The Kier molecular flexibility index (Phi) is 4.55. The number of esters is 1. The zero-order valence-corrected chi connectivity index (χ0v) is 11.6. The van der Waals surface area contributed by atoms with Crippen LogP contribution in [0.15, 0.2) is 36.5 Å². The fraction of sp³-hybridized carbons (Fsp3) is 0.214. The van der Waals surface area contributed by atoms with E-state index in [0.29, 0.717) is 11.4 Å². The van der Waals surface area contributed by atoms with Crippen LogP contribution in [-0.4, -0.2) is 35.3 Å². The number of nitrogens with zero attached hydrogens (tertiary/aromatic N) is 2. The minimum absolute atomic E-state index is 0.0127. The van der Waals surface area contributed by atoms with E-state index in [4.69, 9.17) is 10.5 Å². The van der Waals surface area contributed by atoms with Gasteiger partial charge in [0.2, 0.25) is 5.91 Å². The summed E-state index contributed by atoms with van der Waals surface area (Å²) in [5, 5.41) is 6.57. The van der Waals surface area contributed by atoms with Gasteiger partial charge in [-0.1, -0.05) is 12.1 Å². The average Bonchev–Trinajstić information content (AvgIpc) is 2.97. The number of hydrogen-bond donors (Lipinski definition) is 2. The van der Waals surface area contributed by atoms with Gasteiger partial charge in [0, 0.05) is 13.2 Å². The summed E-state index contributed by atoms with van der Waals surface area (Å²) in [6.45, 7) is 0.0127. The predicted molar refractivity (Wildman–Crippen MR) is 76.9 cm³/mol. The third-order valence-electron chi connectivity index (χ3n) is 2.82. The number of ether oxygens (including phenoxy) is 1. The second-order valence-electron chi connectivity index (χ2n) is 4.26. The molecule has 1 aromatic carbocycles. The summed E-state index contributed by atoms with van der Waals surface area (Å²) in [6.07, 6.45) is 1.75. The Hall–Kier alpha value is -2.83. The summed E-state index contributed by atoms with van der Waals surface area (Å²) in [4.78, 5) is 22.8. The fourth-order valence-corrected chi connectivity index (χ4v) is 1.70. The number of anilines is 1. The lowest BCUT2D eigenvalue weighted by atomic mass is 10.3. The minimum Gasteiger partial charge on any atom is -0.460 e. The van der Waals surface area contributed by atoms with Crippen LogP contribution in [0, 0.1) is 0 Å². The molecule has 1 amide bonds. The molecule has 0 aliphatic heterocycles. The monoisotopic (exact) mass is 288 g/mol. The van der Waals surface area contributed by atoms with Gasteiger partial charge in [-0.25, -0.2) is 9.48 Å². The van der Waals surface area contributed by atoms with Crippen molar-refractivity contribution >= 4 is 17.6 Å². The molecule has 0 saturated carbocycles. The molecule has 7 nitrogen and oxygen atoms in total. The first-order valence-electron chi connectivity index (χ1n) is 6.40. The summed E-state index contributed by atoms with van der Waals surface area (Å²) in [5.74, 6) is -0.766. The molecule has 3 N–H and O–H groups in total. The van der Waals surface area contributed by atoms with Crippen molar-refractivity contribution in [2.45, 2.75) is 6.42 Å². The molecule has 0 fully saturated rings. The normalized spacial score (nSPS) is 10.1. The molecule has 0 aliphatic carbocycles. The standard InChI is InChI=1S/C14H16N4O3/c1-16-13(19)7-9-21-14(20)11-6-8-18(17-11)12-5-3-2-4-10(12)15/h2-6,8H,7,9,15H2,1H3,(H,16,19). The van der Waals surface area contributed by atoms with Crippen LogP contribution in [0.4, 0.5) is 5.69 Å². The lowest BCUT2D eigenvalue weighted by molar-refractivity contribution is -0.121. The molecule has 110 valence electrons. The Bertz CT molecular complexity index is 651. The topological polar surface area (TPSA) is 99.2 Å². The zero-order chi connectivity index (χ0) is 15.2. The highest BCUT2D eigenvalue weighted by atomic mass is 16.5. The molecule has 21 heavy (non-hydrogen) atoms. The lowest BCUT2D eigenvalue weighted by Crippen LogP contribution is -2.20. The van der Waals surface area contributed by atoms with E-state index < -0.39 is 5.97 Å². The van der Waals surface area contributed by atoms with Crippen LogP contribution in [0.1, 0.15) is 16.9 Å². The van der Waals surface area contributed by atoms with Crippen molar-refractivity contribution in [3.05, 3.63) is 42.2 Å². The number of nitrogen functional groups attached to an aromatic ring is 1. The fourth-order valence-electron chi connectivity index (χ4n) is 1.70. The van der Waals surface area contributed by atoms with Gasteiger partial charge in [0.25, 0.3) is 0 Å². The van der Waals surface area contributed by atoms with Crippen molar-refractivity contribution in [1.82, 2.24) is 15.1 Å². The van der Waals surface area contributed by atoms with Crippen molar-refractivity contribution in [3.8, 4) is 5.69 Å². The molecule has 0 aliphatic rings. The molecule has 1 aromatic heterocycles. The van der Waals surface area contributed by atoms with Gasteiger partial charge >= 0.3 is 5.97 Å². The van der Waals surface area contributed by atoms with Crippen LogP contribution in [-0.2, 0) is 9.53 Å². The Morgan fingerprint density at radius 2 is 2.10 bits per heavy atom. The number of para-hydroxylation sites is 2. The van der Waals surface area contributed by atoms with E-state index in [1.54, 1.807) is 18.3 Å². The van der Waals surface area contributed by atoms with Crippen LogP contribution in [0.3, 0.4) is 0 Å². The van der Waals surface area contributed by atoms with E-state index >= 15 is 0 Å². The van der Waals surface area contributed by atoms with E-state index in [9.17, 15) is 9.59 Å². The molecule has 2 rings (SSSR count). The van der Waals surface area contributed by atoms with Crippen LogP contribution < -0.4 is 11.1 Å². The van der Waals surface area contributed by atoms with Gasteiger partial charge in [-0.2, -0.15) is 5.10 Å². The highest BCUT2D eigenvalue weighted by Crippen LogP contribution is 2.15. The van der Waals surface area contributed by atoms with E-state index in [0.717, 1.165) is 0 Å². The predicted octanol–water partition coefficient (Wildman–Crippen LogP) is 0.747. The highest BCUT2D eigenvalue weighted by Gasteiger charge is 2.13. The van der Waals surface area contributed by atoms with Gasteiger partial charge in [-0.15, -0.1) is 0 Å². The van der Waals surface area contributed by atoms with Crippen molar-refractivity contribution in [1.29, 1.82) is 0 Å². The van der Waals surface area contributed by atoms with Crippen LogP contribution in [0.25, 0.3) is 5.69 Å². The number of carbonyl (C=O) groups excluding carboxylic acids is 2. The van der Waals surface area contributed by atoms with E-state index in [1.165, 1.54) is 17.8 Å². The van der Waals surface area contributed by atoms with Gasteiger partial charge in [0.1, 0.15) is 6.61 Å². The van der Waals surface area contributed by atoms with E-state index in [-0.39, 0.29) is 24.6 Å². The molecule has 0 atom stereocenters. The minimum atomic E-state index is -0.577. The largest absolute Gasteiger partial charge is 0.460 e. The summed E-state index contributed by atoms with van der Waals surface area (Å²) < 4.78 is 6.48. The number of nitrogens with two attached hydrogens (primary N) is 1. The van der Waals surface area contributed by atoms with E-state index in [2.05, 4.69) is 10.4 Å². The Labute approximate surface area is 121 Å². The maximum atomic E-state index is 11.8. The molecule has 0 bridgehead atoms. The first-order chi connectivity index (χ1) is 10.1. The number of amides is 1. The van der Waals surface area contributed by atoms with Crippen LogP contribution in [0.2, 0.25) is 0 Å². The molecular weight excluding hydrogens is 272 g/mol. The summed E-state index contributed by atoms with van der Waals surface area (Å²) in [7, 11) is 1.52. The SMILES string of the molecule is CNC(=O)CCOC(=O)c1ccn(-c2ccccc2N)n1. The summed E-state index contributed by atoms with van der Waals surface area (Å²) >= 11 is 0. The molecule has 1 heterocycles. The number of nitrogens with one attached hydrogen (secondary N) is 1. The van der Waals surface area contributed by atoms with E-state index in [1.807, 2.05) is 12.1 Å². The summed E-state index contributed by atoms with van der Waals surface area (Å²) in [5.41, 5.74) is 7.25. The zero-order valence-electron chi connectivity index (χ0n) is 11.6. The summed E-state index contributed by atoms with van der Waals surface area (Å²) in [6, 6.07) is 8.72. The van der Waals surface area contributed by atoms with Gasteiger partial charge < -0.3 is 15.8 Å². The number of aromatic nitrogens is 2. The first kappa shape index (κ1) is 14.6. The molecule has 0 saturated heterocycles. The van der Waals surface area contributed by atoms with Gasteiger partial charge in [0.05, 0.1) is 17.8 Å². The molecule has 0 radical (unpaired) electrons. The maximum Gasteiger partial charge on any atom is 0.358 e. The maximum absolute atomic E-state index is 11.8. The Balaban J connectivity index is 2.01. The average molecular weight is 288 g/mol. The van der Waals surface area contributed by atoms with Crippen LogP contribution in [0.5, 0.6) is 0 Å². The van der Waals surface area contributed by atoms with Crippen molar-refractivity contribution in [2.75, 3.05) is 19.4 Å². The third kappa shape index (κ3) is 3.59. The molecular formula is C14H16N4O3. The van der Waals surface area contributed by atoms with Crippen molar-refractivity contribution in [3.63, 3.8) is 0 Å². The van der Waals surface area contributed by atoms with Crippen LogP contribution >= 0.6 is 0 Å². The number of carbonyl (C=O) groups is 2. The number of hydrogen-bond acceptors (Lipinski definition) is 5. The van der Waals surface area contributed by atoms with Gasteiger partial charge in [-0.3, -0.25) is 4.79 Å². The molecule has 2 aromatic rings. The van der Waals surface area contributed by atoms with Gasteiger partial charge in [0.15, 0.2) is 5.69 Å². The number of benzene rings is 1. The lowest BCUT2D eigenvalue weighted by Gasteiger charge is -2.04. The highest BCUT2D eigenvalue weighted by molar-refractivity contribution is 5.87. The van der Waals surface area contributed by atoms with Crippen molar-refractivity contribution < 1.29 is 14.3 Å². The second kappa shape index (κ2) is 6.56. The first-order valence-corrected chi connectivity index (χ1v) is 6.40. The number of rotatable bonds is 5. The quantitative estimate of drug-likeness (QED) is 0.624. The molecule has 0 spiro atoms.